The van der Waals surface area contributed by atoms with Gasteiger partial charge in [-0.1, -0.05) is 12.8 Å². The topological polar surface area (TPSA) is 62.2 Å². The van der Waals surface area contributed by atoms with Gasteiger partial charge in [-0.25, -0.2) is 4.79 Å². The fraction of sp³-hybridized carbons (Fsp3) is 0.571. The Morgan fingerprint density at radius 3 is 2.56 bits per heavy atom. The number of hydrazone groups is 1. The van der Waals surface area contributed by atoms with Gasteiger partial charge in [-0.05, 0) is 56.4 Å². The van der Waals surface area contributed by atoms with Crippen LogP contribution in [0.4, 0.5) is 5.69 Å². The number of esters is 1. The first-order valence-electron chi connectivity index (χ1n) is 9.90. The number of hydrogen-bond acceptors (Lipinski definition) is 5. The second kappa shape index (κ2) is 7.33. The summed E-state index contributed by atoms with van der Waals surface area (Å²) in [6, 6.07) is 7.28. The second-order valence-corrected chi connectivity index (χ2v) is 7.85. The summed E-state index contributed by atoms with van der Waals surface area (Å²) in [5.74, 6) is 0.0525. The number of nitrogens with zero attached hydrogens (tertiary/aromatic N) is 3. The van der Waals surface area contributed by atoms with Crippen molar-refractivity contribution in [3.8, 4) is 0 Å². The average Bonchev–Trinajstić information content (AvgIpc) is 3.30. The number of methoxy groups -OCH3 is 1. The lowest BCUT2D eigenvalue weighted by Crippen LogP contribution is -2.46. The summed E-state index contributed by atoms with van der Waals surface area (Å²) in [7, 11) is 1.40. The molecule has 4 rings (SSSR count). The number of carbonyl (C=O) groups excluding carboxylic acids is 2. The van der Waals surface area contributed by atoms with E-state index in [9.17, 15) is 9.59 Å². The Morgan fingerprint density at radius 2 is 1.89 bits per heavy atom. The van der Waals surface area contributed by atoms with Crippen LogP contribution < -0.4 is 5.01 Å². The van der Waals surface area contributed by atoms with Crippen molar-refractivity contribution in [2.24, 2.45) is 11.0 Å². The molecule has 1 aliphatic carbocycles. The third-order valence-corrected chi connectivity index (χ3v) is 6.18. The number of rotatable bonds is 3. The van der Waals surface area contributed by atoms with Crippen molar-refractivity contribution in [3.63, 3.8) is 0 Å². The van der Waals surface area contributed by atoms with Gasteiger partial charge < -0.3 is 9.64 Å². The minimum Gasteiger partial charge on any atom is -0.467 e. The zero-order valence-corrected chi connectivity index (χ0v) is 16.1. The molecule has 2 heterocycles. The van der Waals surface area contributed by atoms with Crippen molar-refractivity contribution in [2.45, 2.75) is 57.5 Å². The van der Waals surface area contributed by atoms with Crippen molar-refractivity contribution >= 4 is 23.3 Å². The Bertz CT molecular complexity index is 758. The van der Waals surface area contributed by atoms with Gasteiger partial charge in [-0.15, -0.1) is 0 Å². The van der Waals surface area contributed by atoms with Gasteiger partial charge >= 0.3 is 5.97 Å². The Labute approximate surface area is 160 Å². The molecule has 0 radical (unpaired) electrons. The van der Waals surface area contributed by atoms with E-state index < -0.39 is 6.04 Å². The van der Waals surface area contributed by atoms with Gasteiger partial charge in [-0.2, -0.15) is 5.10 Å². The SMILES string of the molecule is COC(=O)[C@@H]1C[C@H]2CCCC[C@H]2N1C(=O)c1ccc(N2CCC(C)=N2)cc1. The third-order valence-electron chi connectivity index (χ3n) is 6.18. The molecule has 2 aliphatic heterocycles. The molecule has 0 aromatic heterocycles. The molecule has 0 unspecified atom stereocenters. The van der Waals surface area contributed by atoms with Gasteiger partial charge in [0.15, 0.2) is 0 Å². The molecular weight excluding hydrogens is 342 g/mol. The summed E-state index contributed by atoms with van der Waals surface area (Å²) in [6.45, 7) is 2.90. The maximum absolute atomic E-state index is 13.3. The molecule has 1 saturated heterocycles. The third kappa shape index (κ3) is 3.33. The zero-order chi connectivity index (χ0) is 19.0. The van der Waals surface area contributed by atoms with E-state index in [0.29, 0.717) is 11.5 Å². The van der Waals surface area contributed by atoms with Crippen molar-refractivity contribution < 1.29 is 14.3 Å². The first kappa shape index (κ1) is 18.0. The number of fused-ring (bicyclic) bond motifs is 1. The summed E-state index contributed by atoms with van der Waals surface area (Å²) >= 11 is 0. The number of benzene rings is 1. The van der Waals surface area contributed by atoms with Crippen LogP contribution in [0.3, 0.4) is 0 Å². The molecule has 1 saturated carbocycles. The molecule has 0 bridgehead atoms. The summed E-state index contributed by atoms with van der Waals surface area (Å²) in [6.07, 6.45) is 6.06. The molecule has 144 valence electrons. The van der Waals surface area contributed by atoms with E-state index in [2.05, 4.69) is 5.10 Å². The van der Waals surface area contributed by atoms with Crippen molar-refractivity contribution in [2.75, 3.05) is 18.7 Å². The van der Waals surface area contributed by atoms with Gasteiger partial charge in [0.1, 0.15) is 6.04 Å². The van der Waals surface area contributed by atoms with Crippen molar-refractivity contribution in [1.29, 1.82) is 0 Å². The van der Waals surface area contributed by atoms with Crippen molar-refractivity contribution in [1.82, 2.24) is 4.90 Å². The van der Waals surface area contributed by atoms with Gasteiger partial charge in [0.05, 0.1) is 12.8 Å². The fourth-order valence-electron chi connectivity index (χ4n) is 4.78. The molecule has 2 fully saturated rings. The lowest BCUT2D eigenvalue weighted by Gasteiger charge is -2.33. The molecule has 6 heteroatoms. The Hall–Kier alpha value is -2.37. The molecule has 1 amide bonds. The van der Waals surface area contributed by atoms with Crippen LogP contribution in [-0.4, -0.2) is 48.2 Å². The highest BCUT2D eigenvalue weighted by molar-refractivity contribution is 5.98. The lowest BCUT2D eigenvalue weighted by atomic mass is 9.84. The summed E-state index contributed by atoms with van der Waals surface area (Å²) in [4.78, 5) is 27.4. The first-order chi connectivity index (χ1) is 13.1. The smallest absolute Gasteiger partial charge is 0.328 e. The largest absolute Gasteiger partial charge is 0.467 e. The predicted octanol–water partition coefficient (Wildman–Crippen LogP) is 3.22. The fourth-order valence-corrected chi connectivity index (χ4v) is 4.78. The molecule has 0 N–H and O–H groups in total. The van der Waals surface area contributed by atoms with Gasteiger partial charge in [0, 0.05) is 30.3 Å². The minimum atomic E-state index is -0.457. The van der Waals surface area contributed by atoms with Crippen LogP contribution in [0.15, 0.2) is 29.4 Å². The normalized spacial score (nSPS) is 27.3. The highest BCUT2D eigenvalue weighted by Gasteiger charge is 2.48. The van der Waals surface area contributed by atoms with E-state index in [1.807, 2.05) is 41.1 Å². The number of amides is 1. The van der Waals surface area contributed by atoms with Crippen LogP contribution in [0.5, 0.6) is 0 Å². The zero-order valence-electron chi connectivity index (χ0n) is 16.1. The lowest BCUT2D eigenvalue weighted by molar-refractivity contribution is -0.145. The van der Waals surface area contributed by atoms with Gasteiger partial charge in [0.2, 0.25) is 0 Å². The van der Waals surface area contributed by atoms with Crippen LogP contribution in [-0.2, 0) is 9.53 Å². The average molecular weight is 369 g/mol. The molecule has 3 aliphatic rings. The van der Waals surface area contributed by atoms with E-state index in [4.69, 9.17) is 4.74 Å². The molecule has 0 spiro atoms. The molecule has 1 aromatic carbocycles. The number of ether oxygens (including phenoxy) is 1. The van der Waals surface area contributed by atoms with Gasteiger partial charge in [0.25, 0.3) is 5.91 Å². The Morgan fingerprint density at radius 1 is 1.15 bits per heavy atom. The predicted molar refractivity (Wildman–Crippen MR) is 104 cm³/mol. The quantitative estimate of drug-likeness (QED) is 0.768. The van der Waals surface area contributed by atoms with Gasteiger partial charge in [-0.3, -0.25) is 9.80 Å². The number of hydrogen-bond donors (Lipinski definition) is 0. The maximum Gasteiger partial charge on any atom is 0.328 e. The number of carbonyl (C=O) groups is 2. The standard InChI is InChI=1S/C21H27N3O3/c1-14-11-12-23(22-14)17-9-7-15(8-10-17)20(25)24-18-6-4-3-5-16(18)13-19(24)21(26)27-2/h7-10,16,18-19H,3-6,11-13H2,1-2H3/t16-,18-,19+/m1/s1. The number of likely N-dealkylation sites (tertiary alicyclic amines) is 1. The Balaban J connectivity index is 1.57. The highest BCUT2D eigenvalue weighted by Crippen LogP contribution is 2.41. The van der Waals surface area contributed by atoms with E-state index in [0.717, 1.165) is 50.0 Å². The minimum absolute atomic E-state index is 0.0625. The molecule has 27 heavy (non-hydrogen) atoms. The van der Waals surface area contributed by atoms with Crippen LogP contribution in [0.2, 0.25) is 0 Å². The summed E-state index contributed by atoms with van der Waals surface area (Å²) in [5, 5.41) is 6.47. The number of anilines is 1. The molecule has 6 nitrogen and oxygen atoms in total. The molecule has 1 aromatic rings. The highest BCUT2D eigenvalue weighted by atomic mass is 16.5. The maximum atomic E-state index is 13.3. The molecule has 3 atom stereocenters. The molecular formula is C21H27N3O3. The van der Waals surface area contributed by atoms with E-state index in [1.54, 1.807) is 0 Å². The monoisotopic (exact) mass is 369 g/mol. The van der Waals surface area contributed by atoms with Crippen molar-refractivity contribution in [3.05, 3.63) is 29.8 Å². The Kier molecular flexibility index (Phi) is 4.89. The first-order valence-corrected chi connectivity index (χ1v) is 9.90. The van der Waals surface area contributed by atoms with E-state index >= 15 is 0 Å². The second-order valence-electron chi connectivity index (χ2n) is 7.85. The van der Waals surface area contributed by atoms with Crippen LogP contribution in [0.25, 0.3) is 0 Å². The van der Waals surface area contributed by atoms with Crippen LogP contribution in [0, 0.1) is 5.92 Å². The van der Waals surface area contributed by atoms with Crippen LogP contribution >= 0.6 is 0 Å². The summed E-state index contributed by atoms with van der Waals surface area (Å²) in [5.41, 5.74) is 2.74. The van der Waals surface area contributed by atoms with E-state index in [-0.39, 0.29) is 17.9 Å². The van der Waals surface area contributed by atoms with E-state index in [1.165, 1.54) is 13.5 Å². The summed E-state index contributed by atoms with van der Waals surface area (Å²) < 4.78 is 5.00. The van der Waals surface area contributed by atoms with Crippen LogP contribution in [0.1, 0.15) is 55.8 Å².